The van der Waals surface area contributed by atoms with Gasteiger partial charge >= 0.3 is 0 Å². The number of sulfonamides is 1. The van der Waals surface area contributed by atoms with Crippen LogP contribution in [0.2, 0.25) is 0 Å². The highest BCUT2D eigenvalue weighted by Gasteiger charge is 2.44. The molecule has 21 heavy (non-hydrogen) atoms. The lowest BCUT2D eigenvalue weighted by Crippen LogP contribution is -2.33. The van der Waals surface area contributed by atoms with E-state index in [9.17, 15) is 12.8 Å². The van der Waals surface area contributed by atoms with Gasteiger partial charge < -0.3 is 5.32 Å². The van der Waals surface area contributed by atoms with Crippen molar-refractivity contribution in [2.75, 3.05) is 26.2 Å². The van der Waals surface area contributed by atoms with Crippen LogP contribution < -0.4 is 5.32 Å². The van der Waals surface area contributed by atoms with Crippen molar-refractivity contribution in [1.82, 2.24) is 9.62 Å². The number of rotatable bonds is 2. The fourth-order valence-electron chi connectivity index (χ4n) is 3.23. The second kappa shape index (κ2) is 5.83. The van der Waals surface area contributed by atoms with Crippen molar-refractivity contribution in [2.45, 2.75) is 24.7 Å². The Kier molecular flexibility index (Phi) is 4.63. The average Bonchev–Trinajstić information content (AvgIpc) is 3.04. The van der Waals surface area contributed by atoms with E-state index in [-0.39, 0.29) is 22.7 Å². The normalized spacial score (nSPS) is 26.2. The Morgan fingerprint density at radius 2 is 2.10 bits per heavy atom. The maximum Gasteiger partial charge on any atom is 0.243 e. The van der Waals surface area contributed by atoms with Crippen LogP contribution in [0.4, 0.5) is 4.39 Å². The van der Waals surface area contributed by atoms with Gasteiger partial charge in [-0.3, -0.25) is 0 Å². The summed E-state index contributed by atoms with van der Waals surface area (Å²) in [5.41, 5.74) is 0.672. The molecule has 1 aromatic rings. The third-order valence-corrected chi connectivity index (χ3v) is 6.49. The Morgan fingerprint density at radius 1 is 1.33 bits per heavy atom. The minimum absolute atomic E-state index is 0. The molecule has 0 radical (unpaired) electrons. The minimum Gasteiger partial charge on any atom is -0.316 e. The van der Waals surface area contributed by atoms with Crippen LogP contribution in [0.1, 0.15) is 18.4 Å². The molecule has 7 heteroatoms. The first kappa shape index (κ1) is 16.7. The van der Waals surface area contributed by atoms with Gasteiger partial charge in [0.05, 0.1) is 4.90 Å². The molecule has 2 aliphatic heterocycles. The Hall–Kier alpha value is -0.690. The molecule has 2 aliphatic rings. The second-order valence-corrected chi connectivity index (χ2v) is 7.83. The highest BCUT2D eigenvalue weighted by molar-refractivity contribution is 7.89. The zero-order valence-electron chi connectivity index (χ0n) is 11.9. The van der Waals surface area contributed by atoms with Crippen LogP contribution in [0.15, 0.2) is 23.1 Å². The lowest BCUT2D eigenvalue weighted by molar-refractivity contribution is 0.338. The largest absolute Gasteiger partial charge is 0.316 e. The molecule has 2 fully saturated rings. The van der Waals surface area contributed by atoms with Crippen LogP contribution in [0.3, 0.4) is 0 Å². The predicted octanol–water partition coefficient (Wildman–Crippen LogP) is 1.93. The predicted molar refractivity (Wildman–Crippen MR) is 81.7 cm³/mol. The highest BCUT2D eigenvalue weighted by atomic mass is 35.5. The first-order valence-electron chi connectivity index (χ1n) is 6.90. The molecule has 1 spiro atoms. The summed E-state index contributed by atoms with van der Waals surface area (Å²) in [6.07, 6.45) is 1.90. The summed E-state index contributed by atoms with van der Waals surface area (Å²) >= 11 is 0. The van der Waals surface area contributed by atoms with E-state index in [0.717, 1.165) is 32.0 Å². The molecule has 0 saturated carbocycles. The van der Waals surface area contributed by atoms with Gasteiger partial charge in [0.2, 0.25) is 10.0 Å². The summed E-state index contributed by atoms with van der Waals surface area (Å²) in [4.78, 5) is 0.0977. The summed E-state index contributed by atoms with van der Waals surface area (Å²) in [6, 6.07) is 3.94. The van der Waals surface area contributed by atoms with Gasteiger partial charge in [-0.1, -0.05) is 6.07 Å². The Bertz CT molecular complexity index is 630. The number of benzene rings is 1. The second-order valence-electron chi connectivity index (χ2n) is 5.93. The smallest absolute Gasteiger partial charge is 0.243 e. The van der Waals surface area contributed by atoms with Gasteiger partial charge in [-0.2, -0.15) is 4.31 Å². The van der Waals surface area contributed by atoms with E-state index in [2.05, 4.69) is 5.32 Å². The molecule has 1 unspecified atom stereocenters. The third-order valence-electron chi connectivity index (χ3n) is 4.50. The van der Waals surface area contributed by atoms with Crippen molar-refractivity contribution in [3.05, 3.63) is 29.6 Å². The molecule has 2 heterocycles. The van der Waals surface area contributed by atoms with E-state index >= 15 is 0 Å². The monoisotopic (exact) mass is 334 g/mol. The van der Waals surface area contributed by atoms with Crippen molar-refractivity contribution in [2.24, 2.45) is 5.41 Å². The lowest BCUT2D eigenvalue weighted by atomic mass is 9.87. The van der Waals surface area contributed by atoms with Gasteiger partial charge in [-0.15, -0.1) is 12.4 Å². The maximum atomic E-state index is 13.4. The standard InChI is InChI=1S/C14H19FN2O2S.ClH/c1-11-2-3-12(15)8-13(11)20(18,19)17-7-5-14(10-17)4-6-16-9-14;/h2-3,8,16H,4-7,9-10H2,1H3;1H. The van der Waals surface area contributed by atoms with Gasteiger partial charge in [0, 0.05) is 19.6 Å². The Balaban J connectivity index is 0.00000161. The Morgan fingerprint density at radius 3 is 2.76 bits per heavy atom. The van der Waals surface area contributed by atoms with Crippen LogP contribution in [-0.4, -0.2) is 38.9 Å². The van der Waals surface area contributed by atoms with Crippen molar-refractivity contribution in [3.63, 3.8) is 0 Å². The summed E-state index contributed by atoms with van der Waals surface area (Å²) in [5.74, 6) is -0.509. The molecule has 1 aromatic carbocycles. The first-order chi connectivity index (χ1) is 9.43. The van der Waals surface area contributed by atoms with Gasteiger partial charge in [-0.05, 0) is 49.4 Å². The summed E-state index contributed by atoms with van der Waals surface area (Å²) in [6.45, 7) is 4.60. The fraction of sp³-hybridized carbons (Fsp3) is 0.571. The molecule has 4 nitrogen and oxygen atoms in total. The quantitative estimate of drug-likeness (QED) is 0.899. The van der Waals surface area contributed by atoms with Gasteiger partial charge in [0.25, 0.3) is 0 Å². The number of aryl methyl sites for hydroxylation is 1. The topological polar surface area (TPSA) is 49.4 Å². The maximum absolute atomic E-state index is 13.4. The van der Waals surface area contributed by atoms with E-state index < -0.39 is 15.8 Å². The third kappa shape index (κ3) is 2.95. The molecule has 0 aromatic heterocycles. The van der Waals surface area contributed by atoms with Crippen molar-refractivity contribution in [1.29, 1.82) is 0 Å². The summed E-state index contributed by atoms with van der Waals surface area (Å²) < 4.78 is 40.3. The van der Waals surface area contributed by atoms with Gasteiger partial charge in [0.15, 0.2) is 0 Å². The van der Waals surface area contributed by atoms with E-state index in [1.807, 2.05) is 0 Å². The Labute approximate surface area is 131 Å². The molecular formula is C14H20ClFN2O2S. The first-order valence-corrected chi connectivity index (χ1v) is 8.34. The molecule has 1 atom stereocenters. The average molecular weight is 335 g/mol. The number of hydrogen-bond acceptors (Lipinski definition) is 3. The van der Waals surface area contributed by atoms with Crippen LogP contribution in [0, 0.1) is 18.2 Å². The van der Waals surface area contributed by atoms with Crippen LogP contribution in [0.5, 0.6) is 0 Å². The molecule has 0 bridgehead atoms. The molecule has 1 N–H and O–H groups in total. The van der Waals surface area contributed by atoms with Gasteiger partial charge in [-0.25, -0.2) is 12.8 Å². The van der Waals surface area contributed by atoms with Crippen molar-refractivity contribution in [3.8, 4) is 0 Å². The zero-order chi connectivity index (χ0) is 14.4. The summed E-state index contributed by atoms with van der Waals surface area (Å²) in [5, 5.41) is 3.31. The van der Waals surface area contributed by atoms with Crippen LogP contribution >= 0.6 is 12.4 Å². The molecule has 0 aliphatic carbocycles. The highest BCUT2D eigenvalue weighted by Crippen LogP contribution is 2.38. The van der Waals surface area contributed by atoms with E-state index in [1.54, 1.807) is 6.92 Å². The van der Waals surface area contributed by atoms with E-state index in [0.29, 0.717) is 18.7 Å². The molecule has 2 saturated heterocycles. The SMILES string of the molecule is Cc1ccc(F)cc1S(=O)(=O)N1CCC2(CCNC2)C1.Cl. The van der Waals surface area contributed by atoms with E-state index in [1.165, 1.54) is 16.4 Å². The minimum atomic E-state index is -3.59. The molecule has 3 rings (SSSR count). The van der Waals surface area contributed by atoms with Crippen LogP contribution in [0.25, 0.3) is 0 Å². The molecular weight excluding hydrogens is 315 g/mol. The van der Waals surface area contributed by atoms with E-state index in [4.69, 9.17) is 0 Å². The molecule has 118 valence electrons. The lowest BCUT2D eigenvalue weighted by Gasteiger charge is -2.23. The van der Waals surface area contributed by atoms with Crippen LogP contribution in [-0.2, 0) is 10.0 Å². The number of nitrogens with zero attached hydrogens (tertiary/aromatic N) is 1. The fourth-order valence-corrected chi connectivity index (χ4v) is 5.02. The zero-order valence-corrected chi connectivity index (χ0v) is 13.6. The van der Waals surface area contributed by atoms with Crippen molar-refractivity contribution < 1.29 is 12.8 Å². The number of nitrogens with one attached hydrogen (secondary N) is 1. The van der Waals surface area contributed by atoms with Gasteiger partial charge in [0.1, 0.15) is 5.82 Å². The number of halogens is 2. The number of hydrogen-bond donors (Lipinski definition) is 1. The summed E-state index contributed by atoms with van der Waals surface area (Å²) in [7, 11) is -3.59. The van der Waals surface area contributed by atoms with Crippen molar-refractivity contribution >= 4 is 22.4 Å². The molecule has 0 amide bonds.